The van der Waals surface area contributed by atoms with Gasteiger partial charge in [0.05, 0.1) is 39.2 Å². The second kappa shape index (κ2) is 8.08. The van der Waals surface area contributed by atoms with E-state index in [-0.39, 0.29) is 0 Å². The molecule has 0 amide bonds. The number of fused-ring (bicyclic) bond motifs is 1. The molecule has 0 fully saturated rings. The lowest BCUT2D eigenvalue weighted by molar-refractivity contribution is 0.324. The minimum Gasteiger partial charge on any atom is -0.495 e. The van der Waals surface area contributed by atoms with E-state index < -0.39 is 0 Å². The minimum atomic E-state index is 0.447. The van der Waals surface area contributed by atoms with E-state index in [2.05, 4.69) is 15.1 Å². The molecule has 9 heteroatoms. The molecule has 0 aliphatic heterocycles. The Kier molecular flexibility index (Phi) is 5.33. The van der Waals surface area contributed by atoms with Crippen molar-refractivity contribution in [3.8, 4) is 45.6 Å². The van der Waals surface area contributed by atoms with E-state index in [9.17, 15) is 0 Å². The third-order valence-corrected chi connectivity index (χ3v) is 4.91. The predicted molar refractivity (Wildman–Crippen MR) is 113 cm³/mol. The highest BCUT2D eigenvalue weighted by Crippen LogP contribution is 2.40. The zero-order valence-corrected chi connectivity index (χ0v) is 17.6. The molecule has 0 unspecified atom stereocenters. The van der Waals surface area contributed by atoms with E-state index in [0.29, 0.717) is 45.2 Å². The fourth-order valence-corrected chi connectivity index (χ4v) is 3.43. The van der Waals surface area contributed by atoms with Crippen LogP contribution in [0.15, 0.2) is 42.6 Å². The average Bonchev–Trinajstić information content (AvgIpc) is 3.22. The van der Waals surface area contributed by atoms with Gasteiger partial charge in [-0.3, -0.25) is 0 Å². The van der Waals surface area contributed by atoms with Crippen molar-refractivity contribution >= 4 is 17.4 Å². The van der Waals surface area contributed by atoms with Gasteiger partial charge >= 0.3 is 0 Å². The fourth-order valence-electron chi connectivity index (χ4n) is 3.17. The highest BCUT2D eigenvalue weighted by molar-refractivity contribution is 6.32. The van der Waals surface area contributed by atoms with Crippen molar-refractivity contribution in [2.45, 2.75) is 0 Å². The Labute approximate surface area is 178 Å². The maximum Gasteiger partial charge on any atom is 0.253 e. The number of benzene rings is 2. The molecular weight excluding hydrogens is 408 g/mol. The quantitative estimate of drug-likeness (QED) is 0.458. The number of hydrogen-bond donors (Lipinski definition) is 0. The average molecular weight is 427 g/mol. The normalized spacial score (nSPS) is 10.8. The lowest BCUT2D eigenvalue weighted by atomic mass is 10.1. The van der Waals surface area contributed by atoms with E-state index in [0.717, 1.165) is 11.3 Å². The van der Waals surface area contributed by atoms with Gasteiger partial charge in [-0.1, -0.05) is 11.6 Å². The zero-order chi connectivity index (χ0) is 21.3. The number of methoxy groups -OCH3 is 4. The number of ether oxygens (including phenoxy) is 4. The van der Waals surface area contributed by atoms with E-state index in [4.69, 9.17) is 30.5 Å². The molecular formula is C21H19ClN4O4. The SMILES string of the molecule is COc1ccc(-c2ccnc3nc(-c4cc(OC)c(OC)c(OC)c4)nn23)cc1Cl. The van der Waals surface area contributed by atoms with Crippen molar-refractivity contribution in [2.75, 3.05) is 28.4 Å². The second-order valence-electron chi connectivity index (χ2n) is 6.24. The molecule has 4 rings (SSSR count). The van der Waals surface area contributed by atoms with Crippen LogP contribution in [0.1, 0.15) is 0 Å². The van der Waals surface area contributed by atoms with Crippen LogP contribution in [-0.4, -0.2) is 48.0 Å². The Balaban J connectivity index is 1.86. The van der Waals surface area contributed by atoms with Gasteiger partial charge in [0.2, 0.25) is 5.75 Å². The highest BCUT2D eigenvalue weighted by Gasteiger charge is 2.18. The first-order chi connectivity index (χ1) is 14.6. The Morgan fingerprint density at radius 3 is 2.10 bits per heavy atom. The molecule has 0 radical (unpaired) electrons. The number of halogens is 1. The molecule has 2 aromatic heterocycles. The molecule has 4 aromatic rings. The third kappa shape index (κ3) is 3.35. The van der Waals surface area contributed by atoms with Crippen LogP contribution in [-0.2, 0) is 0 Å². The molecule has 0 aliphatic rings. The van der Waals surface area contributed by atoms with Crippen molar-refractivity contribution in [2.24, 2.45) is 0 Å². The number of nitrogens with zero attached hydrogens (tertiary/aromatic N) is 4. The molecule has 8 nitrogen and oxygen atoms in total. The van der Waals surface area contributed by atoms with Gasteiger partial charge < -0.3 is 18.9 Å². The summed E-state index contributed by atoms with van der Waals surface area (Å²) in [6.07, 6.45) is 1.68. The molecule has 2 heterocycles. The maximum atomic E-state index is 6.30. The third-order valence-electron chi connectivity index (χ3n) is 4.61. The van der Waals surface area contributed by atoms with Crippen molar-refractivity contribution in [3.63, 3.8) is 0 Å². The summed E-state index contributed by atoms with van der Waals surface area (Å²) in [5.74, 6) is 3.04. The molecule has 30 heavy (non-hydrogen) atoms. The van der Waals surface area contributed by atoms with E-state index >= 15 is 0 Å². The van der Waals surface area contributed by atoms with Crippen LogP contribution < -0.4 is 18.9 Å². The van der Waals surface area contributed by atoms with E-state index in [1.165, 1.54) is 0 Å². The van der Waals surface area contributed by atoms with Crippen LogP contribution in [0.2, 0.25) is 5.02 Å². The summed E-state index contributed by atoms with van der Waals surface area (Å²) in [7, 11) is 6.25. The summed E-state index contributed by atoms with van der Waals surface area (Å²) in [6, 6.07) is 11.0. The Morgan fingerprint density at radius 2 is 1.50 bits per heavy atom. The van der Waals surface area contributed by atoms with Gasteiger partial charge in [-0.2, -0.15) is 9.50 Å². The first-order valence-electron chi connectivity index (χ1n) is 8.95. The summed E-state index contributed by atoms with van der Waals surface area (Å²) in [5.41, 5.74) is 2.35. The predicted octanol–water partition coefficient (Wildman–Crippen LogP) is 4.15. The van der Waals surface area contributed by atoms with Crippen molar-refractivity contribution in [1.82, 2.24) is 19.6 Å². The molecule has 0 bridgehead atoms. The van der Waals surface area contributed by atoms with Crippen LogP contribution in [0, 0.1) is 0 Å². The summed E-state index contributed by atoms with van der Waals surface area (Å²) < 4.78 is 23.1. The van der Waals surface area contributed by atoms with Crippen molar-refractivity contribution in [1.29, 1.82) is 0 Å². The fraction of sp³-hybridized carbons (Fsp3) is 0.190. The van der Waals surface area contributed by atoms with E-state index in [1.54, 1.807) is 57.4 Å². The van der Waals surface area contributed by atoms with Gasteiger partial charge in [-0.25, -0.2) is 4.98 Å². The number of aromatic nitrogens is 4. The monoisotopic (exact) mass is 426 g/mol. The van der Waals surface area contributed by atoms with Gasteiger partial charge in [0.15, 0.2) is 17.3 Å². The standard InChI is InChI=1S/C21H19ClN4O4/c1-27-16-6-5-12(9-14(16)22)15-7-8-23-21-24-20(25-26(15)21)13-10-17(28-2)19(30-4)18(11-13)29-3/h5-11H,1-4H3. The highest BCUT2D eigenvalue weighted by atomic mass is 35.5. The Morgan fingerprint density at radius 1 is 0.800 bits per heavy atom. The first-order valence-corrected chi connectivity index (χ1v) is 9.33. The summed E-state index contributed by atoms with van der Waals surface area (Å²) in [4.78, 5) is 8.90. The van der Waals surface area contributed by atoms with Crippen LogP contribution in [0.3, 0.4) is 0 Å². The van der Waals surface area contributed by atoms with Gasteiger partial charge in [-0.15, -0.1) is 5.10 Å². The minimum absolute atomic E-state index is 0.447. The Bertz CT molecular complexity index is 1200. The van der Waals surface area contributed by atoms with Gasteiger partial charge in [-0.05, 0) is 36.4 Å². The largest absolute Gasteiger partial charge is 0.495 e. The number of hydrogen-bond acceptors (Lipinski definition) is 7. The van der Waals surface area contributed by atoms with E-state index in [1.807, 2.05) is 18.2 Å². The van der Waals surface area contributed by atoms with Crippen LogP contribution in [0.4, 0.5) is 0 Å². The maximum absolute atomic E-state index is 6.30. The van der Waals surface area contributed by atoms with Crippen molar-refractivity contribution in [3.05, 3.63) is 47.6 Å². The lowest BCUT2D eigenvalue weighted by Crippen LogP contribution is -1.97. The summed E-state index contributed by atoms with van der Waals surface area (Å²) in [5, 5.41) is 5.16. The van der Waals surface area contributed by atoms with Crippen LogP contribution >= 0.6 is 11.6 Å². The first kappa shape index (κ1) is 19.8. The molecule has 0 N–H and O–H groups in total. The summed E-state index contributed by atoms with van der Waals surface area (Å²) in [6.45, 7) is 0. The van der Waals surface area contributed by atoms with Crippen LogP contribution in [0.5, 0.6) is 23.0 Å². The van der Waals surface area contributed by atoms with Crippen LogP contribution in [0.25, 0.3) is 28.4 Å². The molecule has 0 aliphatic carbocycles. The molecule has 2 aromatic carbocycles. The molecule has 0 saturated carbocycles. The second-order valence-corrected chi connectivity index (χ2v) is 6.65. The molecule has 0 atom stereocenters. The van der Waals surface area contributed by atoms with Gasteiger partial charge in [0.25, 0.3) is 5.78 Å². The molecule has 0 saturated heterocycles. The van der Waals surface area contributed by atoms with Gasteiger partial charge in [0.1, 0.15) is 5.75 Å². The molecule has 154 valence electrons. The number of rotatable bonds is 6. The van der Waals surface area contributed by atoms with Gasteiger partial charge in [0, 0.05) is 17.3 Å². The topological polar surface area (TPSA) is 80.0 Å². The lowest BCUT2D eigenvalue weighted by Gasteiger charge is -2.12. The molecule has 0 spiro atoms. The zero-order valence-electron chi connectivity index (χ0n) is 16.8. The van der Waals surface area contributed by atoms with Crippen molar-refractivity contribution < 1.29 is 18.9 Å². The smallest absolute Gasteiger partial charge is 0.253 e. The Hall–Kier alpha value is -3.52. The summed E-state index contributed by atoms with van der Waals surface area (Å²) >= 11 is 6.30.